The van der Waals surface area contributed by atoms with Crippen LogP contribution in [0.4, 0.5) is 15.9 Å². The van der Waals surface area contributed by atoms with Gasteiger partial charge in [-0.15, -0.1) is 0 Å². The van der Waals surface area contributed by atoms with Gasteiger partial charge in [0.2, 0.25) is 11.9 Å². The number of pyridine rings is 1. The minimum absolute atomic E-state index is 0.0333. The second-order valence-electron chi connectivity index (χ2n) is 10.4. The Labute approximate surface area is 244 Å². The van der Waals surface area contributed by atoms with Crippen LogP contribution in [0.2, 0.25) is 10.0 Å². The van der Waals surface area contributed by atoms with Crippen LogP contribution in [0, 0.1) is 12.9 Å². The average molecular weight is 601 g/mol. The van der Waals surface area contributed by atoms with Gasteiger partial charge in [-0.2, -0.15) is 4.39 Å². The van der Waals surface area contributed by atoms with Gasteiger partial charge in [0, 0.05) is 37.3 Å². The third kappa shape index (κ3) is 4.92. The van der Waals surface area contributed by atoms with E-state index < -0.39 is 11.9 Å². The molecule has 0 radical (unpaired) electrons. The Morgan fingerprint density at radius 1 is 1.24 bits per heavy atom. The molecule has 10 nitrogen and oxygen atoms in total. The lowest BCUT2D eigenvalue weighted by atomic mass is 10.0. The van der Waals surface area contributed by atoms with Crippen LogP contribution in [0.1, 0.15) is 24.7 Å². The standard InChI is InChI=1S/C28H27Cl2FN6O4/c1-14-8-16(9-18(29)25(14)39)17-11-35(27-23(17)28(40)37-5-3-4-20(37)34-27)12-22(38)32-19-10-21(33-26(31)24(19)30)36-6-7-41-13-15(36)2/h8-11,15,39H,3-7,12-13H2,1-2H3,(H,32,33,38)/t15-/m0/s1. The van der Waals surface area contributed by atoms with E-state index >= 15 is 0 Å². The predicted molar refractivity (Wildman–Crippen MR) is 155 cm³/mol. The van der Waals surface area contributed by atoms with Gasteiger partial charge in [-0.1, -0.05) is 23.2 Å². The lowest BCUT2D eigenvalue weighted by Crippen LogP contribution is -2.44. The fraction of sp³-hybridized carbons (Fsp3) is 0.357. The van der Waals surface area contributed by atoms with Gasteiger partial charge in [-0.05, 0) is 43.5 Å². The first kappa shape index (κ1) is 27.5. The summed E-state index contributed by atoms with van der Waals surface area (Å²) in [7, 11) is 0. The number of amides is 1. The van der Waals surface area contributed by atoms with Gasteiger partial charge in [0.25, 0.3) is 5.56 Å². The Morgan fingerprint density at radius 3 is 2.80 bits per heavy atom. The normalized spacial score (nSPS) is 16.8. The molecule has 2 aliphatic heterocycles. The van der Waals surface area contributed by atoms with Crippen molar-refractivity contribution in [3.8, 4) is 16.9 Å². The number of carbonyl (C=O) groups is 1. The molecule has 4 aromatic rings. The lowest BCUT2D eigenvalue weighted by Gasteiger charge is -2.34. The number of hydrogen-bond acceptors (Lipinski definition) is 7. The first-order valence-corrected chi connectivity index (χ1v) is 14.0. The number of halogens is 3. The van der Waals surface area contributed by atoms with Crippen molar-refractivity contribution < 1.29 is 19.0 Å². The molecule has 1 saturated heterocycles. The molecule has 1 fully saturated rings. The van der Waals surface area contributed by atoms with E-state index in [9.17, 15) is 19.1 Å². The highest BCUT2D eigenvalue weighted by atomic mass is 35.5. The zero-order valence-electron chi connectivity index (χ0n) is 22.4. The third-order valence-corrected chi connectivity index (χ3v) is 8.20. The summed E-state index contributed by atoms with van der Waals surface area (Å²) in [6.07, 6.45) is 3.12. The molecule has 6 rings (SSSR count). The third-order valence-electron chi connectivity index (χ3n) is 7.56. The fourth-order valence-corrected chi connectivity index (χ4v) is 5.91. The smallest absolute Gasteiger partial charge is 0.263 e. The van der Waals surface area contributed by atoms with Crippen molar-refractivity contribution in [3.63, 3.8) is 0 Å². The molecule has 5 heterocycles. The summed E-state index contributed by atoms with van der Waals surface area (Å²) in [5, 5.41) is 13.1. The van der Waals surface area contributed by atoms with Crippen LogP contribution >= 0.6 is 23.2 Å². The molecule has 1 aromatic carbocycles. The summed E-state index contributed by atoms with van der Waals surface area (Å²) < 4.78 is 23.4. The summed E-state index contributed by atoms with van der Waals surface area (Å²) in [5.41, 5.74) is 1.92. The van der Waals surface area contributed by atoms with Gasteiger partial charge < -0.3 is 24.6 Å². The van der Waals surface area contributed by atoms with Crippen LogP contribution < -0.4 is 15.8 Å². The number of rotatable bonds is 5. The first-order valence-electron chi connectivity index (χ1n) is 13.2. The Bertz CT molecular complexity index is 1750. The van der Waals surface area contributed by atoms with Crippen LogP contribution in [0.3, 0.4) is 0 Å². The number of morpholine rings is 1. The lowest BCUT2D eigenvalue weighted by molar-refractivity contribution is -0.116. The predicted octanol–water partition coefficient (Wildman–Crippen LogP) is 4.53. The number of benzene rings is 1. The van der Waals surface area contributed by atoms with Crippen molar-refractivity contribution in [2.45, 2.75) is 45.8 Å². The molecule has 41 heavy (non-hydrogen) atoms. The second kappa shape index (κ2) is 10.6. The van der Waals surface area contributed by atoms with Crippen LogP contribution in [0.5, 0.6) is 5.75 Å². The van der Waals surface area contributed by atoms with Crippen LogP contribution in [0.15, 0.2) is 29.2 Å². The Morgan fingerprint density at radius 2 is 2.05 bits per heavy atom. The number of aryl methyl sites for hydroxylation is 2. The first-order chi connectivity index (χ1) is 19.6. The summed E-state index contributed by atoms with van der Waals surface area (Å²) >= 11 is 12.5. The molecule has 1 atom stereocenters. The van der Waals surface area contributed by atoms with Crippen molar-refractivity contribution in [3.05, 3.63) is 62.1 Å². The monoisotopic (exact) mass is 600 g/mol. The molecule has 0 unspecified atom stereocenters. The number of nitrogens with one attached hydrogen (secondary N) is 1. The highest BCUT2D eigenvalue weighted by molar-refractivity contribution is 6.34. The number of aromatic nitrogens is 4. The van der Waals surface area contributed by atoms with Crippen LogP contribution in [-0.4, -0.2) is 55.9 Å². The van der Waals surface area contributed by atoms with Crippen molar-refractivity contribution in [1.29, 1.82) is 0 Å². The maximum Gasteiger partial charge on any atom is 0.263 e. The highest BCUT2D eigenvalue weighted by Crippen LogP contribution is 2.36. The molecular formula is C28H27Cl2FN6O4. The maximum absolute atomic E-state index is 14.7. The number of carbonyl (C=O) groups excluding carboxylic acids is 1. The summed E-state index contributed by atoms with van der Waals surface area (Å²) in [6.45, 7) is 5.46. The van der Waals surface area contributed by atoms with Crippen LogP contribution in [0.25, 0.3) is 22.2 Å². The SMILES string of the molecule is Cc1cc(-c2cn(CC(=O)Nc3cc(N4CCOC[C@@H]4C)nc(F)c3Cl)c3nc4n(c(=O)c23)CCC4)cc(Cl)c1O. The molecule has 0 saturated carbocycles. The van der Waals surface area contributed by atoms with E-state index in [0.717, 1.165) is 6.42 Å². The quantitative estimate of drug-likeness (QED) is 0.323. The molecule has 13 heteroatoms. The number of fused-ring (bicyclic) bond motifs is 2. The highest BCUT2D eigenvalue weighted by Gasteiger charge is 2.26. The zero-order valence-corrected chi connectivity index (χ0v) is 23.9. The van der Waals surface area contributed by atoms with Gasteiger partial charge in [-0.3, -0.25) is 14.2 Å². The second-order valence-corrected chi connectivity index (χ2v) is 11.2. The van der Waals surface area contributed by atoms with Crippen molar-refractivity contribution in [1.82, 2.24) is 19.1 Å². The Kier molecular flexibility index (Phi) is 7.13. The molecule has 0 aliphatic carbocycles. The van der Waals surface area contributed by atoms with E-state index in [2.05, 4.69) is 10.3 Å². The molecule has 3 aromatic heterocycles. The number of aromatic hydroxyl groups is 1. The largest absolute Gasteiger partial charge is 0.506 e. The minimum atomic E-state index is -0.892. The van der Waals surface area contributed by atoms with Gasteiger partial charge in [-0.25, -0.2) is 9.97 Å². The number of phenolic OH excluding ortho intramolecular Hbond substituents is 1. The van der Waals surface area contributed by atoms with Crippen LogP contribution in [-0.2, 0) is 29.0 Å². The van der Waals surface area contributed by atoms with Crippen molar-refractivity contribution in [2.75, 3.05) is 30.0 Å². The topological polar surface area (TPSA) is 115 Å². The average Bonchev–Trinajstić information content (AvgIpc) is 3.55. The van der Waals surface area contributed by atoms with Gasteiger partial charge >= 0.3 is 0 Å². The minimum Gasteiger partial charge on any atom is -0.506 e. The van der Waals surface area contributed by atoms with E-state index in [1.165, 1.54) is 0 Å². The van der Waals surface area contributed by atoms with Gasteiger partial charge in [0.1, 0.15) is 34.6 Å². The van der Waals surface area contributed by atoms with Gasteiger partial charge in [0.05, 0.1) is 35.4 Å². The summed E-state index contributed by atoms with van der Waals surface area (Å²) in [6, 6.07) is 4.82. The van der Waals surface area contributed by atoms with E-state index in [1.54, 1.807) is 40.5 Å². The Hall–Kier alpha value is -3.67. The summed E-state index contributed by atoms with van der Waals surface area (Å²) in [4.78, 5) is 37.5. The molecular weight excluding hydrogens is 574 g/mol. The molecule has 1 amide bonds. The molecule has 0 spiro atoms. The van der Waals surface area contributed by atoms with Gasteiger partial charge in [0.15, 0.2) is 0 Å². The molecule has 214 valence electrons. The number of phenols is 1. The number of ether oxygens (including phenoxy) is 1. The fourth-order valence-electron chi connectivity index (χ4n) is 5.50. The van der Waals surface area contributed by atoms with Crippen molar-refractivity contribution >= 4 is 51.6 Å². The number of anilines is 2. The van der Waals surface area contributed by atoms with Crippen molar-refractivity contribution in [2.24, 2.45) is 0 Å². The van der Waals surface area contributed by atoms with E-state index in [1.807, 2.05) is 11.8 Å². The van der Waals surface area contributed by atoms with E-state index in [0.29, 0.717) is 72.1 Å². The molecule has 0 bridgehead atoms. The number of nitrogens with zero attached hydrogens (tertiary/aromatic N) is 5. The molecule has 2 aliphatic rings. The maximum atomic E-state index is 14.7. The Balaban J connectivity index is 1.38. The molecule has 2 N–H and O–H groups in total. The summed E-state index contributed by atoms with van der Waals surface area (Å²) in [5.74, 6) is -0.434. The van der Waals surface area contributed by atoms with E-state index in [4.69, 9.17) is 32.9 Å². The van der Waals surface area contributed by atoms with E-state index in [-0.39, 0.29) is 39.6 Å². The zero-order chi connectivity index (χ0) is 29.0. The number of hydrogen-bond donors (Lipinski definition) is 2.